The zero-order valence-corrected chi connectivity index (χ0v) is 15.0. The first-order valence-corrected chi connectivity index (χ1v) is 8.49. The second-order valence-corrected chi connectivity index (χ2v) is 6.46. The van der Waals surface area contributed by atoms with Crippen LogP contribution < -0.4 is 14.8 Å². The summed E-state index contributed by atoms with van der Waals surface area (Å²) in [5.41, 5.74) is 2.77. The number of nitrogens with zero attached hydrogens (tertiary/aromatic N) is 1. The molecule has 0 unspecified atom stereocenters. The molecular formula is C19H18N2O3S. The fourth-order valence-electron chi connectivity index (χ4n) is 2.30. The summed E-state index contributed by atoms with van der Waals surface area (Å²) in [6.45, 7) is 2.02. The van der Waals surface area contributed by atoms with Gasteiger partial charge in [0, 0.05) is 11.6 Å². The molecule has 0 aliphatic carbocycles. The molecule has 6 heteroatoms. The van der Waals surface area contributed by atoms with Gasteiger partial charge in [-0.25, -0.2) is 4.99 Å². The SMILES string of the molecule is COc1ccc(/C=C2/SC(=Nc3ccc(C)cc3)NC2=O)c(OC)c1. The number of aliphatic imine (C=N–C) groups is 1. The van der Waals surface area contributed by atoms with Crippen LogP contribution in [0, 0.1) is 6.92 Å². The summed E-state index contributed by atoms with van der Waals surface area (Å²) in [4.78, 5) is 17.2. The zero-order chi connectivity index (χ0) is 17.8. The van der Waals surface area contributed by atoms with Crippen molar-refractivity contribution in [3.63, 3.8) is 0 Å². The van der Waals surface area contributed by atoms with Crippen LogP contribution in [0.4, 0.5) is 5.69 Å². The Balaban J connectivity index is 1.85. The van der Waals surface area contributed by atoms with Crippen LogP contribution >= 0.6 is 11.8 Å². The number of nitrogens with one attached hydrogen (secondary N) is 1. The van der Waals surface area contributed by atoms with Crippen molar-refractivity contribution in [2.45, 2.75) is 6.92 Å². The molecule has 0 atom stereocenters. The van der Waals surface area contributed by atoms with Crippen LogP contribution in [0.15, 0.2) is 52.4 Å². The smallest absolute Gasteiger partial charge is 0.264 e. The van der Waals surface area contributed by atoms with E-state index in [4.69, 9.17) is 9.47 Å². The lowest BCUT2D eigenvalue weighted by Crippen LogP contribution is -2.19. The molecule has 25 heavy (non-hydrogen) atoms. The predicted octanol–water partition coefficient (Wildman–Crippen LogP) is 3.90. The number of carbonyl (C=O) groups excluding carboxylic acids is 1. The Labute approximate surface area is 150 Å². The molecule has 0 radical (unpaired) electrons. The third-order valence-corrected chi connectivity index (χ3v) is 4.55. The van der Waals surface area contributed by atoms with Crippen molar-refractivity contribution in [2.75, 3.05) is 14.2 Å². The van der Waals surface area contributed by atoms with Crippen LogP contribution in [-0.4, -0.2) is 25.3 Å². The first kappa shape index (κ1) is 17.1. The minimum absolute atomic E-state index is 0.172. The van der Waals surface area contributed by atoms with Crippen molar-refractivity contribution < 1.29 is 14.3 Å². The Morgan fingerprint density at radius 3 is 2.52 bits per heavy atom. The molecule has 2 aromatic carbocycles. The predicted molar refractivity (Wildman–Crippen MR) is 102 cm³/mol. The fourth-order valence-corrected chi connectivity index (χ4v) is 3.13. The van der Waals surface area contributed by atoms with Crippen LogP contribution in [0.3, 0.4) is 0 Å². The van der Waals surface area contributed by atoms with Gasteiger partial charge < -0.3 is 14.8 Å². The average molecular weight is 354 g/mol. The zero-order valence-electron chi connectivity index (χ0n) is 14.2. The van der Waals surface area contributed by atoms with E-state index in [1.165, 1.54) is 17.3 Å². The Hall–Kier alpha value is -2.73. The van der Waals surface area contributed by atoms with Gasteiger partial charge in [-0.05, 0) is 49.0 Å². The number of hydrogen-bond donors (Lipinski definition) is 1. The Morgan fingerprint density at radius 2 is 1.84 bits per heavy atom. The molecule has 1 saturated heterocycles. The van der Waals surface area contributed by atoms with Gasteiger partial charge in [0.25, 0.3) is 5.91 Å². The van der Waals surface area contributed by atoms with E-state index in [1.54, 1.807) is 26.4 Å². The maximum absolute atomic E-state index is 12.2. The van der Waals surface area contributed by atoms with Crippen molar-refractivity contribution in [1.82, 2.24) is 5.32 Å². The van der Waals surface area contributed by atoms with Crippen molar-refractivity contribution in [3.05, 3.63) is 58.5 Å². The van der Waals surface area contributed by atoms with Crippen LogP contribution in [0.1, 0.15) is 11.1 Å². The maximum Gasteiger partial charge on any atom is 0.264 e. The topological polar surface area (TPSA) is 59.9 Å². The van der Waals surface area contributed by atoms with Gasteiger partial charge in [-0.15, -0.1) is 0 Å². The molecule has 1 aliphatic rings. The van der Waals surface area contributed by atoms with Gasteiger partial charge in [0.1, 0.15) is 11.5 Å². The standard InChI is InChI=1S/C19H18N2O3S/c1-12-4-7-14(8-5-12)20-19-21-18(22)17(25-19)10-13-6-9-15(23-2)11-16(13)24-3/h4-11H,1-3H3,(H,20,21,22)/b17-10+. The van der Waals surface area contributed by atoms with Crippen LogP contribution in [0.25, 0.3) is 6.08 Å². The number of benzene rings is 2. The van der Waals surface area contributed by atoms with Crippen molar-refractivity contribution in [2.24, 2.45) is 4.99 Å². The normalized spacial score (nSPS) is 17.0. The van der Waals surface area contributed by atoms with E-state index >= 15 is 0 Å². The number of aryl methyl sites for hydroxylation is 1. The van der Waals surface area contributed by atoms with Crippen molar-refractivity contribution in [3.8, 4) is 11.5 Å². The van der Waals surface area contributed by atoms with E-state index in [2.05, 4.69) is 10.3 Å². The minimum atomic E-state index is -0.172. The van der Waals surface area contributed by atoms with E-state index in [1.807, 2.05) is 43.3 Å². The Morgan fingerprint density at radius 1 is 1.08 bits per heavy atom. The fraction of sp³-hybridized carbons (Fsp3) is 0.158. The van der Waals surface area contributed by atoms with Gasteiger partial charge in [-0.2, -0.15) is 0 Å². The number of carbonyl (C=O) groups is 1. The lowest BCUT2D eigenvalue weighted by molar-refractivity contribution is -0.115. The van der Waals surface area contributed by atoms with E-state index < -0.39 is 0 Å². The quantitative estimate of drug-likeness (QED) is 0.846. The number of hydrogen-bond acceptors (Lipinski definition) is 5. The number of amides is 1. The first-order chi connectivity index (χ1) is 12.1. The summed E-state index contributed by atoms with van der Waals surface area (Å²) in [6.07, 6.45) is 1.79. The molecule has 2 aromatic rings. The van der Waals surface area contributed by atoms with Gasteiger partial charge in [-0.1, -0.05) is 17.7 Å². The molecule has 0 spiro atoms. The summed E-state index contributed by atoms with van der Waals surface area (Å²) in [5, 5.41) is 3.35. The lowest BCUT2D eigenvalue weighted by atomic mass is 10.1. The number of amidine groups is 1. The number of thioether (sulfide) groups is 1. The van der Waals surface area contributed by atoms with Crippen LogP contribution in [0.5, 0.6) is 11.5 Å². The molecule has 5 nitrogen and oxygen atoms in total. The number of methoxy groups -OCH3 is 2. The van der Waals surface area contributed by atoms with Gasteiger partial charge >= 0.3 is 0 Å². The lowest BCUT2D eigenvalue weighted by Gasteiger charge is -2.07. The molecule has 0 bridgehead atoms. The summed E-state index contributed by atoms with van der Waals surface area (Å²) in [5.74, 6) is 1.17. The molecule has 128 valence electrons. The second-order valence-electron chi connectivity index (χ2n) is 5.43. The van der Waals surface area contributed by atoms with E-state index in [-0.39, 0.29) is 5.91 Å². The molecule has 1 N–H and O–H groups in total. The molecule has 0 saturated carbocycles. The molecule has 3 rings (SSSR count). The minimum Gasteiger partial charge on any atom is -0.497 e. The van der Waals surface area contributed by atoms with Gasteiger partial charge in [0.05, 0.1) is 24.8 Å². The third kappa shape index (κ3) is 4.03. The highest BCUT2D eigenvalue weighted by molar-refractivity contribution is 8.18. The first-order valence-electron chi connectivity index (χ1n) is 7.67. The molecule has 1 fully saturated rings. The highest BCUT2D eigenvalue weighted by Gasteiger charge is 2.24. The van der Waals surface area contributed by atoms with Gasteiger partial charge in [-0.3, -0.25) is 4.79 Å². The number of ether oxygens (including phenoxy) is 2. The molecule has 0 aromatic heterocycles. The summed E-state index contributed by atoms with van der Waals surface area (Å²) < 4.78 is 10.6. The van der Waals surface area contributed by atoms with Crippen molar-refractivity contribution >= 4 is 34.6 Å². The largest absolute Gasteiger partial charge is 0.497 e. The number of rotatable bonds is 4. The monoisotopic (exact) mass is 354 g/mol. The van der Waals surface area contributed by atoms with Crippen molar-refractivity contribution in [1.29, 1.82) is 0 Å². The highest BCUT2D eigenvalue weighted by atomic mass is 32.2. The molecule has 1 amide bonds. The maximum atomic E-state index is 12.2. The summed E-state index contributed by atoms with van der Waals surface area (Å²) in [7, 11) is 3.18. The Bertz CT molecular complexity index is 857. The van der Waals surface area contributed by atoms with Crippen LogP contribution in [-0.2, 0) is 4.79 Å². The second kappa shape index (κ2) is 7.44. The average Bonchev–Trinajstić information content (AvgIpc) is 2.96. The summed E-state index contributed by atoms with van der Waals surface area (Å²) in [6, 6.07) is 13.3. The third-order valence-electron chi connectivity index (χ3n) is 3.64. The van der Waals surface area contributed by atoms with Crippen LogP contribution in [0.2, 0.25) is 0 Å². The molecule has 1 aliphatic heterocycles. The summed E-state index contributed by atoms with van der Waals surface area (Å²) >= 11 is 1.31. The van der Waals surface area contributed by atoms with E-state index in [9.17, 15) is 4.79 Å². The van der Waals surface area contributed by atoms with E-state index in [0.29, 0.717) is 21.6 Å². The van der Waals surface area contributed by atoms with Gasteiger partial charge in [0.15, 0.2) is 5.17 Å². The van der Waals surface area contributed by atoms with E-state index in [0.717, 1.165) is 11.3 Å². The highest BCUT2D eigenvalue weighted by Crippen LogP contribution is 2.32. The molecule has 1 heterocycles. The molecular weight excluding hydrogens is 336 g/mol. The Kier molecular flexibility index (Phi) is 5.09. The van der Waals surface area contributed by atoms with Gasteiger partial charge in [0.2, 0.25) is 0 Å².